The van der Waals surface area contributed by atoms with Gasteiger partial charge in [-0.15, -0.1) is 0 Å². The third kappa shape index (κ3) is 4.38. The van der Waals surface area contributed by atoms with Crippen molar-refractivity contribution in [3.63, 3.8) is 0 Å². The van der Waals surface area contributed by atoms with Crippen LogP contribution >= 0.6 is 0 Å². The molecule has 0 spiro atoms. The molecule has 0 unspecified atom stereocenters. The average Bonchev–Trinajstić information content (AvgIpc) is 2.84. The number of morpholine rings is 1. The molecule has 0 atom stereocenters. The lowest BCUT2D eigenvalue weighted by Crippen LogP contribution is -2.36. The van der Waals surface area contributed by atoms with Crippen molar-refractivity contribution in [2.24, 2.45) is 7.05 Å². The van der Waals surface area contributed by atoms with Gasteiger partial charge in [-0.3, -0.25) is 4.79 Å². The van der Waals surface area contributed by atoms with E-state index in [1.165, 1.54) is 6.20 Å². The van der Waals surface area contributed by atoms with E-state index in [4.69, 9.17) is 14.2 Å². The first-order valence-electron chi connectivity index (χ1n) is 11.1. The maximum atomic E-state index is 12.3. The van der Waals surface area contributed by atoms with Gasteiger partial charge in [0, 0.05) is 44.3 Å². The Labute approximate surface area is 186 Å². The molecule has 32 heavy (non-hydrogen) atoms. The molecule has 3 aromatic rings. The number of benzene rings is 1. The maximum Gasteiger partial charge on any atom is 0.316 e. The Hall–Kier alpha value is -3.20. The van der Waals surface area contributed by atoms with Gasteiger partial charge in [0.15, 0.2) is 0 Å². The number of hydrogen-bond donors (Lipinski definition) is 0. The van der Waals surface area contributed by atoms with Crippen LogP contribution < -0.4 is 19.9 Å². The number of hydrogen-bond acceptors (Lipinski definition) is 8. The van der Waals surface area contributed by atoms with Crippen LogP contribution in [0.1, 0.15) is 25.7 Å². The van der Waals surface area contributed by atoms with Gasteiger partial charge < -0.3 is 23.7 Å². The Kier molecular flexibility index (Phi) is 5.89. The minimum Gasteiger partial charge on any atom is -0.488 e. The molecule has 2 aliphatic rings. The van der Waals surface area contributed by atoms with E-state index in [2.05, 4.69) is 19.9 Å². The Morgan fingerprint density at radius 1 is 0.969 bits per heavy atom. The molecular weight excluding hydrogens is 410 g/mol. The van der Waals surface area contributed by atoms with Gasteiger partial charge in [0.05, 0.1) is 31.0 Å². The molecule has 1 aromatic carbocycles. The van der Waals surface area contributed by atoms with Crippen molar-refractivity contribution in [3.8, 4) is 11.8 Å². The molecule has 1 aliphatic carbocycles. The van der Waals surface area contributed by atoms with E-state index in [0.717, 1.165) is 55.5 Å². The number of rotatable bonds is 5. The fraction of sp³-hybridized carbons (Fsp3) is 0.478. The molecule has 9 nitrogen and oxygen atoms in total. The van der Waals surface area contributed by atoms with Crippen LogP contribution in [-0.2, 0) is 11.8 Å². The Bertz CT molecular complexity index is 1120. The number of aryl methyl sites for hydroxylation is 1. The van der Waals surface area contributed by atoms with Crippen molar-refractivity contribution in [2.45, 2.75) is 37.9 Å². The van der Waals surface area contributed by atoms with Crippen molar-refractivity contribution in [3.05, 3.63) is 47.1 Å². The second-order valence-electron chi connectivity index (χ2n) is 8.23. The Balaban J connectivity index is 1.36. The van der Waals surface area contributed by atoms with Crippen LogP contribution in [0.2, 0.25) is 0 Å². The van der Waals surface area contributed by atoms with Crippen LogP contribution in [0, 0.1) is 0 Å². The van der Waals surface area contributed by atoms with Crippen molar-refractivity contribution < 1.29 is 14.2 Å². The predicted molar refractivity (Wildman–Crippen MR) is 119 cm³/mol. The van der Waals surface area contributed by atoms with Gasteiger partial charge in [0.2, 0.25) is 0 Å². The number of ether oxygens (including phenoxy) is 3. The van der Waals surface area contributed by atoms with Crippen LogP contribution in [0.15, 0.2) is 41.6 Å². The third-order valence-corrected chi connectivity index (χ3v) is 6.12. The van der Waals surface area contributed by atoms with Crippen molar-refractivity contribution >= 4 is 16.7 Å². The van der Waals surface area contributed by atoms with Crippen LogP contribution in [0.4, 0.5) is 5.69 Å². The quantitative estimate of drug-likeness (QED) is 0.601. The molecule has 2 aromatic heterocycles. The van der Waals surface area contributed by atoms with Gasteiger partial charge >= 0.3 is 6.01 Å². The first kappa shape index (κ1) is 20.7. The Morgan fingerprint density at radius 2 is 1.66 bits per heavy atom. The molecule has 1 saturated heterocycles. The van der Waals surface area contributed by atoms with E-state index in [1.807, 2.05) is 12.1 Å². The normalized spacial score (nSPS) is 21.5. The summed E-state index contributed by atoms with van der Waals surface area (Å²) >= 11 is 0. The molecule has 168 valence electrons. The smallest absolute Gasteiger partial charge is 0.316 e. The second-order valence-corrected chi connectivity index (χ2v) is 8.23. The molecule has 0 bridgehead atoms. The van der Waals surface area contributed by atoms with E-state index in [1.54, 1.807) is 30.1 Å². The zero-order valence-corrected chi connectivity index (χ0v) is 18.1. The summed E-state index contributed by atoms with van der Waals surface area (Å²) in [6, 6.07) is 6.25. The number of aromatic nitrogens is 4. The van der Waals surface area contributed by atoms with Gasteiger partial charge in [-0.2, -0.15) is 0 Å². The molecule has 0 N–H and O–H groups in total. The molecular formula is C23H27N5O4. The largest absolute Gasteiger partial charge is 0.488 e. The summed E-state index contributed by atoms with van der Waals surface area (Å²) in [5, 5.41) is 0. The van der Waals surface area contributed by atoms with Crippen molar-refractivity contribution in [1.29, 1.82) is 0 Å². The Morgan fingerprint density at radius 3 is 2.38 bits per heavy atom. The fourth-order valence-corrected chi connectivity index (χ4v) is 4.37. The van der Waals surface area contributed by atoms with E-state index >= 15 is 0 Å². The standard InChI is InChI=1S/C23H27N5O4/c1-27-21(29)15-26-19-13-16(28-9-11-30-12-10-28)14-20(22(19)27)31-17-3-5-18(6-4-17)32-23-24-7-2-8-25-23/h2,7-8,13-15,17-18H,3-6,9-12H2,1H3/t17-,18+. The number of anilines is 1. The SMILES string of the molecule is Cn1c(=O)cnc2cc(N3CCOCC3)cc(O[C@H]3CC[C@@H](Oc4ncccn4)CC3)c21. The summed E-state index contributed by atoms with van der Waals surface area (Å²) in [6.07, 6.45) is 8.30. The molecule has 1 aliphatic heterocycles. The summed E-state index contributed by atoms with van der Waals surface area (Å²) < 4.78 is 19.5. The highest BCUT2D eigenvalue weighted by Gasteiger charge is 2.26. The lowest BCUT2D eigenvalue weighted by atomic mass is 9.95. The molecule has 3 heterocycles. The average molecular weight is 438 g/mol. The van der Waals surface area contributed by atoms with Gasteiger partial charge in [-0.05, 0) is 37.8 Å². The zero-order valence-electron chi connectivity index (χ0n) is 18.1. The first-order chi connectivity index (χ1) is 15.7. The van der Waals surface area contributed by atoms with Crippen molar-refractivity contribution in [1.82, 2.24) is 19.5 Å². The highest BCUT2D eigenvalue weighted by atomic mass is 16.5. The van der Waals surface area contributed by atoms with E-state index in [0.29, 0.717) is 25.0 Å². The van der Waals surface area contributed by atoms with Gasteiger partial charge in [-0.25, -0.2) is 15.0 Å². The van der Waals surface area contributed by atoms with Gasteiger partial charge in [0.25, 0.3) is 5.56 Å². The van der Waals surface area contributed by atoms with Crippen LogP contribution in [-0.4, -0.2) is 58.0 Å². The van der Waals surface area contributed by atoms with Crippen LogP contribution in [0.5, 0.6) is 11.8 Å². The third-order valence-electron chi connectivity index (χ3n) is 6.12. The van der Waals surface area contributed by atoms with Gasteiger partial charge in [0.1, 0.15) is 17.4 Å². The predicted octanol–water partition coefficient (Wildman–Crippen LogP) is 2.33. The first-order valence-corrected chi connectivity index (χ1v) is 11.1. The summed E-state index contributed by atoms with van der Waals surface area (Å²) in [5.41, 5.74) is 2.37. The molecule has 5 rings (SSSR count). The van der Waals surface area contributed by atoms with E-state index < -0.39 is 0 Å². The minimum atomic E-state index is -0.151. The topological polar surface area (TPSA) is 91.6 Å². The number of fused-ring (bicyclic) bond motifs is 1. The zero-order chi connectivity index (χ0) is 21.9. The highest BCUT2D eigenvalue weighted by molar-refractivity contribution is 5.85. The summed E-state index contributed by atoms with van der Waals surface area (Å²) in [5.74, 6) is 0.701. The van der Waals surface area contributed by atoms with Crippen molar-refractivity contribution in [2.75, 3.05) is 31.2 Å². The molecule has 2 fully saturated rings. The van der Waals surface area contributed by atoms with Crippen LogP contribution in [0.3, 0.4) is 0 Å². The molecule has 9 heteroatoms. The minimum absolute atomic E-state index is 0.0463. The lowest BCUT2D eigenvalue weighted by molar-refractivity contribution is 0.0756. The fourth-order valence-electron chi connectivity index (χ4n) is 4.37. The van der Waals surface area contributed by atoms with Crippen LogP contribution in [0.25, 0.3) is 11.0 Å². The van der Waals surface area contributed by atoms with Gasteiger partial charge in [-0.1, -0.05) is 0 Å². The monoisotopic (exact) mass is 437 g/mol. The lowest BCUT2D eigenvalue weighted by Gasteiger charge is -2.31. The molecule has 0 radical (unpaired) electrons. The number of nitrogens with zero attached hydrogens (tertiary/aromatic N) is 5. The molecule has 0 amide bonds. The maximum absolute atomic E-state index is 12.3. The summed E-state index contributed by atoms with van der Waals surface area (Å²) in [7, 11) is 1.76. The van der Waals surface area contributed by atoms with E-state index in [-0.39, 0.29) is 17.8 Å². The van der Waals surface area contributed by atoms with E-state index in [9.17, 15) is 4.79 Å². The molecule has 1 saturated carbocycles. The highest BCUT2D eigenvalue weighted by Crippen LogP contribution is 2.33. The summed E-state index contributed by atoms with van der Waals surface area (Å²) in [6.45, 7) is 3.04. The second kappa shape index (κ2) is 9.12. The summed E-state index contributed by atoms with van der Waals surface area (Å²) in [4.78, 5) is 27.2.